The summed E-state index contributed by atoms with van der Waals surface area (Å²) in [6.45, 7) is 6.06. The monoisotopic (exact) mass is 334 g/mol. The predicted octanol–water partition coefficient (Wildman–Crippen LogP) is 1.52. The molecule has 1 aromatic rings. The number of nitrogens with two attached hydrogens (primary N) is 1. The normalized spacial score (nSPS) is 24.2. The van der Waals surface area contributed by atoms with Crippen molar-refractivity contribution < 1.29 is 19.1 Å². The number of rotatable bonds is 4. The first-order valence-electron chi connectivity index (χ1n) is 8.19. The second kappa shape index (κ2) is 7.32. The molecule has 1 aliphatic rings. The first kappa shape index (κ1) is 18.4. The van der Waals surface area contributed by atoms with Crippen molar-refractivity contribution in [2.45, 2.75) is 57.4 Å². The molecular weight excluding hydrogens is 308 g/mol. The summed E-state index contributed by atoms with van der Waals surface area (Å²) in [5.41, 5.74) is 5.08. The average molecular weight is 334 g/mol. The molecule has 1 aromatic carbocycles. The second-order valence-electron chi connectivity index (χ2n) is 7.13. The van der Waals surface area contributed by atoms with Crippen LogP contribution in [0.5, 0.6) is 0 Å². The van der Waals surface area contributed by atoms with Gasteiger partial charge in [0.05, 0.1) is 0 Å². The molecule has 132 valence electrons. The fourth-order valence-electron chi connectivity index (χ4n) is 2.65. The lowest BCUT2D eigenvalue weighted by Gasteiger charge is -2.39. The van der Waals surface area contributed by atoms with E-state index in [1.807, 2.05) is 30.3 Å². The molecule has 0 bridgehead atoms. The SMILES string of the molecule is CC(C)(C)OC(=O)C1(N)CCCNC1C(=O)OCc1ccccc1. The maximum Gasteiger partial charge on any atom is 0.328 e. The Morgan fingerprint density at radius 2 is 1.96 bits per heavy atom. The molecular formula is C18H26N2O4. The van der Waals surface area contributed by atoms with Crippen LogP contribution < -0.4 is 11.1 Å². The van der Waals surface area contributed by atoms with Crippen molar-refractivity contribution in [3.63, 3.8) is 0 Å². The van der Waals surface area contributed by atoms with Gasteiger partial charge in [-0.25, -0.2) is 4.79 Å². The summed E-state index contributed by atoms with van der Waals surface area (Å²) in [5, 5.41) is 3.01. The molecule has 1 heterocycles. The fourth-order valence-corrected chi connectivity index (χ4v) is 2.65. The number of piperidine rings is 1. The van der Waals surface area contributed by atoms with Crippen LogP contribution in [0.4, 0.5) is 0 Å². The minimum Gasteiger partial charge on any atom is -0.460 e. The van der Waals surface area contributed by atoms with E-state index in [1.54, 1.807) is 20.8 Å². The molecule has 0 radical (unpaired) electrons. The Kier molecular flexibility index (Phi) is 5.62. The molecule has 1 fully saturated rings. The number of hydrogen-bond acceptors (Lipinski definition) is 6. The fraction of sp³-hybridized carbons (Fsp3) is 0.556. The minimum absolute atomic E-state index is 0.141. The molecule has 1 aliphatic heterocycles. The predicted molar refractivity (Wildman–Crippen MR) is 90.0 cm³/mol. The van der Waals surface area contributed by atoms with Crippen molar-refractivity contribution in [3.8, 4) is 0 Å². The van der Waals surface area contributed by atoms with Crippen LogP contribution in [0.25, 0.3) is 0 Å². The highest BCUT2D eigenvalue weighted by Crippen LogP contribution is 2.25. The largest absolute Gasteiger partial charge is 0.460 e. The first-order chi connectivity index (χ1) is 11.2. The third-order valence-corrected chi connectivity index (χ3v) is 3.87. The van der Waals surface area contributed by atoms with Gasteiger partial charge in [0.25, 0.3) is 0 Å². The van der Waals surface area contributed by atoms with Crippen molar-refractivity contribution in [1.82, 2.24) is 5.32 Å². The Bertz CT molecular complexity index is 582. The standard InChI is InChI=1S/C18H26N2O4/c1-17(2,3)24-16(22)18(19)10-7-11-20-14(18)15(21)23-12-13-8-5-4-6-9-13/h4-6,8-9,14,20H,7,10-12,19H2,1-3H3. The third-order valence-electron chi connectivity index (χ3n) is 3.87. The van der Waals surface area contributed by atoms with Crippen LogP contribution in [0.2, 0.25) is 0 Å². The van der Waals surface area contributed by atoms with Crippen molar-refractivity contribution in [2.24, 2.45) is 5.73 Å². The van der Waals surface area contributed by atoms with E-state index in [0.717, 1.165) is 5.56 Å². The molecule has 3 N–H and O–H groups in total. The molecule has 0 saturated carbocycles. The molecule has 2 atom stereocenters. The van der Waals surface area contributed by atoms with Gasteiger partial charge in [-0.2, -0.15) is 0 Å². The van der Waals surface area contributed by atoms with E-state index in [1.165, 1.54) is 0 Å². The topological polar surface area (TPSA) is 90.6 Å². The summed E-state index contributed by atoms with van der Waals surface area (Å²) < 4.78 is 10.8. The van der Waals surface area contributed by atoms with E-state index in [0.29, 0.717) is 19.4 Å². The van der Waals surface area contributed by atoms with Gasteiger partial charge in [-0.3, -0.25) is 4.79 Å². The van der Waals surface area contributed by atoms with E-state index in [-0.39, 0.29) is 6.61 Å². The molecule has 0 aliphatic carbocycles. The summed E-state index contributed by atoms with van der Waals surface area (Å²) >= 11 is 0. The van der Waals surface area contributed by atoms with Crippen molar-refractivity contribution >= 4 is 11.9 Å². The quantitative estimate of drug-likeness (QED) is 0.812. The molecule has 1 saturated heterocycles. The molecule has 0 aromatic heterocycles. The van der Waals surface area contributed by atoms with E-state index in [4.69, 9.17) is 15.2 Å². The molecule has 6 heteroatoms. The number of nitrogens with one attached hydrogen (secondary N) is 1. The number of ether oxygens (including phenoxy) is 2. The summed E-state index contributed by atoms with van der Waals surface area (Å²) in [5.74, 6) is -1.12. The highest BCUT2D eigenvalue weighted by Gasteiger charge is 2.50. The van der Waals surface area contributed by atoms with Crippen LogP contribution in [0, 0.1) is 0 Å². The van der Waals surface area contributed by atoms with Crippen LogP contribution in [0.1, 0.15) is 39.2 Å². The number of carbonyl (C=O) groups is 2. The number of hydrogen-bond donors (Lipinski definition) is 2. The lowest BCUT2D eigenvalue weighted by Crippen LogP contribution is -2.69. The second-order valence-corrected chi connectivity index (χ2v) is 7.13. The smallest absolute Gasteiger partial charge is 0.328 e. The lowest BCUT2D eigenvalue weighted by molar-refractivity contribution is -0.169. The maximum absolute atomic E-state index is 12.5. The van der Waals surface area contributed by atoms with Crippen molar-refractivity contribution in [2.75, 3.05) is 6.54 Å². The molecule has 2 rings (SSSR count). The number of benzene rings is 1. The average Bonchev–Trinajstić information content (AvgIpc) is 2.52. The van der Waals surface area contributed by atoms with Crippen LogP contribution in [0.15, 0.2) is 30.3 Å². The first-order valence-corrected chi connectivity index (χ1v) is 8.19. The van der Waals surface area contributed by atoms with Crippen LogP contribution in [0.3, 0.4) is 0 Å². The van der Waals surface area contributed by atoms with Gasteiger partial charge < -0.3 is 20.5 Å². The van der Waals surface area contributed by atoms with E-state index in [2.05, 4.69) is 5.32 Å². The zero-order chi connectivity index (χ0) is 17.8. The molecule has 6 nitrogen and oxygen atoms in total. The lowest BCUT2D eigenvalue weighted by atomic mass is 9.83. The Balaban J connectivity index is 2.07. The maximum atomic E-state index is 12.5. The van der Waals surface area contributed by atoms with Gasteiger partial charge >= 0.3 is 11.9 Å². The molecule has 0 spiro atoms. The summed E-state index contributed by atoms with van der Waals surface area (Å²) in [6.07, 6.45) is 1.07. The van der Waals surface area contributed by atoms with Crippen molar-refractivity contribution in [1.29, 1.82) is 0 Å². The van der Waals surface area contributed by atoms with Crippen LogP contribution in [-0.2, 0) is 25.7 Å². The minimum atomic E-state index is -1.42. The van der Waals surface area contributed by atoms with Gasteiger partial charge in [0.15, 0.2) is 0 Å². The Labute approximate surface area is 142 Å². The Hall–Kier alpha value is -1.92. The van der Waals surface area contributed by atoms with E-state index in [9.17, 15) is 9.59 Å². The van der Waals surface area contributed by atoms with Gasteiger partial charge in [0.1, 0.15) is 23.8 Å². The van der Waals surface area contributed by atoms with Crippen LogP contribution >= 0.6 is 0 Å². The van der Waals surface area contributed by atoms with Crippen molar-refractivity contribution in [3.05, 3.63) is 35.9 Å². The van der Waals surface area contributed by atoms with Gasteiger partial charge in [0, 0.05) is 0 Å². The van der Waals surface area contributed by atoms with Gasteiger partial charge in [-0.1, -0.05) is 30.3 Å². The Morgan fingerprint density at radius 3 is 2.58 bits per heavy atom. The summed E-state index contributed by atoms with van der Waals surface area (Å²) in [4.78, 5) is 25.0. The Morgan fingerprint density at radius 1 is 1.29 bits per heavy atom. The zero-order valence-corrected chi connectivity index (χ0v) is 14.5. The van der Waals surface area contributed by atoms with Gasteiger partial charge in [0.2, 0.25) is 0 Å². The zero-order valence-electron chi connectivity index (χ0n) is 14.5. The third kappa shape index (κ3) is 4.55. The summed E-state index contributed by atoms with van der Waals surface area (Å²) in [6, 6.07) is 8.45. The number of carbonyl (C=O) groups excluding carboxylic acids is 2. The van der Waals surface area contributed by atoms with Crippen LogP contribution in [-0.4, -0.2) is 35.7 Å². The van der Waals surface area contributed by atoms with Gasteiger partial charge in [-0.05, 0) is 45.7 Å². The highest BCUT2D eigenvalue weighted by atomic mass is 16.6. The molecule has 2 unspecified atom stereocenters. The molecule has 24 heavy (non-hydrogen) atoms. The highest BCUT2D eigenvalue weighted by molar-refractivity contribution is 5.91. The van der Waals surface area contributed by atoms with E-state index < -0.39 is 29.1 Å². The van der Waals surface area contributed by atoms with E-state index >= 15 is 0 Å². The number of esters is 2. The summed E-state index contributed by atoms with van der Waals surface area (Å²) in [7, 11) is 0. The van der Waals surface area contributed by atoms with Gasteiger partial charge in [-0.15, -0.1) is 0 Å². The molecule has 0 amide bonds.